The van der Waals surface area contributed by atoms with Crippen LogP contribution in [0, 0.1) is 5.92 Å². The molecule has 0 spiro atoms. The topological polar surface area (TPSA) is 0 Å². The van der Waals surface area contributed by atoms with Gasteiger partial charge in [0.2, 0.25) is 0 Å². The minimum Gasteiger partial charge on any atom is -0.159 e. The summed E-state index contributed by atoms with van der Waals surface area (Å²) in [6.45, 7) is 6.79. The van der Waals surface area contributed by atoms with Gasteiger partial charge in [-0.25, -0.2) is 0 Å². The van der Waals surface area contributed by atoms with Crippen molar-refractivity contribution < 1.29 is 0 Å². The number of hydrogen-bond donors (Lipinski definition) is 0. The Kier molecular flexibility index (Phi) is 8.04. The summed E-state index contributed by atoms with van der Waals surface area (Å²) >= 11 is 5.63. The largest absolute Gasteiger partial charge is 0.159 e. The van der Waals surface area contributed by atoms with Crippen LogP contribution in [0.2, 0.25) is 0 Å². The summed E-state index contributed by atoms with van der Waals surface area (Å²) < 4.78 is 0. The Hall–Kier alpha value is 0.830. The van der Waals surface area contributed by atoms with Crippen molar-refractivity contribution in [1.29, 1.82) is 0 Å². The average Bonchev–Trinajstić information content (AvgIpc) is 1.97. The molecule has 0 radical (unpaired) electrons. The number of rotatable bonds is 6. The van der Waals surface area contributed by atoms with Gasteiger partial charge in [-0.2, -0.15) is 11.8 Å². The average molecular weight is 239 g/mol. The highest BCUT2D eigenvalue weighted by Gasteiger charge is 2.06. The van der Waals surface area contributed by atoms with Gasteiger partial charge in [0.05, 0.1) is 0 Å². The molecule has 0 N–H and O–H groups in total. The molecule has 0 amide bonds. The van der Waals surface area contributed by atoms with Crippen LogP contribution in [0.1, 0.15) is 33.6 Å². The fourth-order valence-electron chi connectivity index (χ4n) is 0.942. The van der Waals surface area contributed by atoms with Crippen molar-refractivity contribution in [3.05, 3.63) is 0 Å². The predicted molar refractivity (Wildman–Crippen MR) is 59.8 cm³/mol. The molecular formula is C9H19BrS. The van der Waals surface area contributed by atoms with Gasteiger partial charge in [-0.1, -0.05) is 43.1 Å². The van der Waals surface area contributed by atoms with Crippen LogP contribution in [0.3, 0.4) is 0 Å². The molecular weight excluding hydrogens is 220 g/mol. The lowest BCUT2D eigenvalue weighted by atomic mass is 10.1. The van der Waals surface area contributed by atoms with Crippen LogP contribution < -0.4 is 0 Å². The van der Waals surface area contributed by atoms with Crippen molar-refractivity contribution in [1.82, 2.24) is 0 Å². The zero-order chi connectivity index (χ0) is 8.69. The van der Waals surface area contributed by atoms with Gasteiger partial charge in [0.1, 0.15) is 0 Å². The number of hydrogen-bond acceptors (Lipinski definition) is 1. The van der Waals surface area contributed by atoms with E-state index in [0.29, 0.717) is 0 Å². The summed E-state index contributed by atoms with van der Waals surface area (Å²) in [6, 6.07) is 0. The second kappa shape index (κ2) is 7.48. The predicted octanol–water partition coefficient (Wildman–Crippen LogP) is 3.94. The summed E-state index contributed by atoms with van der Waals surface area (Å²) in [5.74, 6) is 2.20. The highest BCUT2D eigenvalue weighted by molar-refractivity contribution is 9.09. The summed E-state index contributed by atoms with van der Waals surface area (Å²) in [7, 11) is 0. The van der Waals surface area contributed by atoms with Gasteiger partial charge in [0, 0.05) is 5.33 Å². The van der Waals surface area contributed by atoms with Gasteiger partial charge in [0.15, 0.2) is 0 Å². The second-order valence-electron chi connectivity index (χ2n) is 3.19. The third kappa shape index (κ3) is 7.20. The summed E-state index contributed by atoms with van der Waals surface area (Å²) in [5.41, 5.74) is 0. The molecule has 0 fully saturated rings. The van der Waals surface area contributed by atoms with Crippen LogP contribution in [-0.4, -0.2) is 16.3 Å². The lowest BCUT2D eigenvalue weighted by molar-refractivity contribution is 0.597. The van der Waals surface area contributed by atoms with Gasteiger partial charge in [-0.3, -0.25) is 0 Å². The van der Waals surface area contributed by atoms with E-state index in [1.807, 2.05) is 0 Å². The van der Waals surface area contributed by atoms with Gasteiger partial charge < -0.3 is 0 Å². The first-order valence-electron chi connectivity index (χ1n) is 4.38. The molecule has 0 aliphatic heterocycles. The van der Waals surface area contributed by atoms with Crippen LogP contribution in [0.15, 0.2) is 0 Å². The Morgan fingerprint density at radius 3 is 2.36 bits per heavy atom. The van der Waals surface area contributed by atoms with Gasteiger partial charge in [-0.05, 0) is 23.3 Å². The first-order valence-corrected chi connectivity index (χ1v) is 6.55. The second-order valence-corrected chi connectivity index (χ2v) is 5.45. The Balaban J connectivity index is 3.35. The van der Waals surface area contributed by atoms with Crippen LogP contribution in [0.5, 0.6) is 0 Å². The minimum atomic E-state index is 0.786. The van der Waals surface area contributed by atoms with Crippen LogP contribution in [0.4, 0.5) is 0 Å². The highest BCUT2D eigenvalue weighted by atomic mass is 79.9. The Bertz CT molecular complexity index is 83.6. The molecule has 2 heteroatoms. The van der Waals surface area contributed by atoms with Crippen molar-refractivity contribution >= 4 is 27.7 Å². The molecule has 0 aliphatic carbocycles. The third-order valence-electron chi connectivity index (χ3n) is 1.58. The van der Waals surface area contributed by atoms with Crippen LogP contribution >= 0.6 is 27.7 Å². The molecule has 1 unspecified atom stereocenters. The Labute approximate surface area is 83.6 Å². The lowest BCUT2D eigenvalue weighted by Crippen LogP contribution is -2.06. The number of halogens is 1. The zero-order valence-corrected chi connectivity index (χ0v) is 10.2. The molecule has 1 atom stereocenters. The van der Waals surface area contributed by atoms with Crippen molar-refractivity contribution in [3.8, 4) is 0 Å². The van der Waals surface area contributed by atoms with Crippen molar-refractivity contribution in [2.45, 2.75) is 38.9 Å². The smallest absolute Gasteiger partial charge is 0.00675 e. The van der Waals surface area contributed by atoms with E-state index in [1.165, 1.54) is 23.9 Å². The van der Waals surface area contributed by atoms with E-state index in [4.69, 9.17) is 0 Å². The number of thioether (sulfide) groups is 1. The van der Waals surface area contributed by atoms with Crippen molar-refractivity contribution in [3.63, 3.8) is 0 Å². The molecule has 0 nitrogen and oxygen atoms in total. The summed E-state index contributed by atoms with van der Waals surface area (Å²) in [6.07, 6.45) is 2.68. The minimum absolute atomic E-state index is 0.786. The van der Waals surface area contributed by atoms with E-state index in [2.05, 4.69) is 48.5 Å². The molecule has 0 aromatic heterocycles. The SMILES string of the molecule is CCCC(CBr)CSC(C)C. The van der Waals surface area contributed by atoms with Crippen LogP contribution in [-0.2, 0) is 0 Å². The van der Waals surface area contributed by atoms with E-state index in [0.717, 1.165) is 11.2 Å². The van der Waals surface area contributed by atoms with Crippen LogP contribution in [0.25, 0.3) is 0 Å². The maximum atomic E-state index is 3.55. The van der Waals surface area contributed by atoms with E-state index in [1.54, 1.807) is 0 Å². The molecule has 0 saturated heterocycles. The lowest BCUT2D eigenvalue weighted by Gasteiger charge is -2.13. The Morgan fingerprint density at radius 1 is 1.36 bits per heavy atom. The molecule has 0 heterocycles. The van der Waals surface area contributed by atoms with Gasteiger partial charge in [-0.15, -0.1) is 0 Å². The monoisotopic (exact) mass is 238 g/mol. The first kappa shape index (κ1) is 11.8. The molecule has 0 rings (SSSR count). The van der Waals surface area contributed by atoms with E-state index >= 15 is 0 Å². The fraction of sp³-hybridized carbons (Fsp3) is 1.00. The summed E-state index contributed by atoms with van der Waals surface area (Å²) in [4.78, 5) is 0. The summed E-state index contributed by atoms with van der Waals surface area (Å²) in [5, 5.41) is 1.95. The molecule has 0 aliphatic rings. The van der Waals surface area contributed by atoms with Gasteiger partial charge >= 0.3 is 0 Å². The molecule has 0 aromatic carbocycles. The maximum absolute atomic E-state index is 3.55. The fourth-order valence-corrected chi connectivity index (χ4v) is 2.74. The van der Waals surface area contributed by atoms with Gasteiger partial charge in [0.25, 0.3) is 0 Å². The van der Waals surface area contributed by atoms with E-state index < -0.39 is 0 Å². The molecule has 11 heavy (non-hydrogen) atoms. The third-order valence-corrected chi connectivity index (χ3v) is 3.83. The van der Waals surface area contributed by atoms with Crippen molar-refractivity contribution in [2.75, 3.05) is 11.1 Å². The number of alkyl halides is 1. The highest BCUT2D eigenvalue weighted by Crippen LogP contribution is 2.19. The molecule has 0 aromatic rings. The normalized spacial score (nSPS) is 13.9. The Morgan fingerprint density at radius 2 is 2.00 bits per heavy atom. The van der Waals surface area contributed by atoms with Crippen molar-refractivity contribution in [2.24, 2.45) is 5.92 Å². The zero-order valence-electron chi connectivity index (χ0n) is 7.77. The molecule has 0 saturated carbocycles. The quantitative estimate of drug-likeness (QED) is 0.632. The molecule has 68 valence electrons. The van der Waals surface area contributed by atoms with E-state index in [-0.39, 0.29) is 0 Å². The first-order chi connectivity index (χ1) is 5.20. The molecule has 0 bridgehead atoms. The standard InChI is InChI=1S/C9H19BrS/c1-4-5-9(6-10)7-11-8(2)3/h8-9H,4-7H2,1-3H3. The maximum Gasteiger partial charge on any atom is 0.00675 e. The van der Waals surface area contributed by atoms with E-state index in [9.17, 15) is 0 Å².